The summed E-state index contributed by atoms with van der Waals surface area (Å²) in [5, 5.41) is 7.50. The van der Waals surface area contributed by atoms with E-state index in [0.29, 0.717) is 0 Å². The molecule has 0 heterocycles. The average molecular weight is 314 g/mol. The van der Waals surface area contributed by atoms with Crippen LogP contribution in [0.25, 0.3) is 0 Å². The van der Waals surface area contributed by atoms with Gasteiger partial charge in [0, 0.05) is 5.92 Å². The van der Waals surface area contributed by atoms with E-state index in [1.54, 1.807) is 0 Å². The zero-order valence-corrected chi connectivity index (χ0v) is 12.8. The zero-order valence-electron chi connectivity index (χ0n) is 12.0. The molecule has 116 valence electrons. The van der Waals surface area contributed by atoms with Crippen molar-refractivity contribution in [1.29, 1.82) is 0 Å². The Morgan fingerprint density at radius 2 is 2.10 bits per heavy atom. The number of sulfonamides is 1. The van der Waals surface area contributed by atoms with Crippen LogP contribution in [-0.2, 0) is 14.8 Å². The van der Waals surface area contributed by atoms with Crippen LogP contribution in [0.3, 0.4) is 0 Å². The number of nitrogens with two attached hydrogens (primary N) is 1. The molecule has 1 aliphatic carbocycles. The van der Waals surface area contributed by atoms with Crippen LogP contribution in [0.2, 0.25) is 0 Å². The van der Waals surface area contributed by atoms with E-state index in [1.165, 1.54) is 0 Å². The smallest absolute Gasteiger partial charge is 0.238 e. The Labute approximate surface area is 123 Å². The Morgan fingerprint density at radius 1 is 1.43 bits per heavy atom. The average Bonchev–Trinajstić information content (AvgIpc) is 2.70. The van der Waals surface area contributed by atoms with Crippen molar-refractivity contribution in [2.75, 3.05) is 5.32 Å². The molecule has 0 aromatic heterocycles. The van der Waals surface area contributed by atoms with Gasteiger partial charge in [-0.05, 0) is 36.5 Å². The molecule has 1 atom stereocenters. The Hall–Kier alpha value is -1.47. The topological polar surface area (TPSA) is 89.3 Å². The maximum Gasteiger partial charge on any atom is 0.238 e. The highest BCUT2D eigenvalue weighted by Gasteiger charge is 2.39. The summed E-state index contributed by atoms with van der Waals surface area (Å²) in [4.78, 5) is 12.1. The number of halogens is 1. The number of carbonyl (C=O) groups is 1. The fraction of sp³-hybridized carbons (Fsp3) is 0.500. The Kier molecular flexibility index (Phi) is 4.08. The number of benzene rings is 1. The molecule has 0 spiro atoms. The SMILES string of the molecule is CC1(C)CCCC1C(=O)Nc1cc(S(N)(=O)=O)ccc1F. The summed E-state index contributed by atoms with van der Waals surface area (Å²) in [6.45, 7) is 4.00. The molecular weight excluding hydrogens is 295 g/mol. The van der Waals surface area contributed by atoms with E-state index in [0.717, 1.165) is 37.5 Å². The van der Waals surface area contributed by atoms with E-state index in [1.807, 2.05) is 13.8 Å². The summed E-state index contributed by atoms with van der Waals surface area (Å²) >= 11 is 0. The molecule has 3 N–H and O–H groups in total. The summed E-state index contributed by atoms with van der Waals surface area (Å²) < 4.78 is 36.3. The van der Waals surface area contributed by atoms with Crippen molar-refractivity contribution >= 4 is 21.6 Å². The van der Waals surface area contributed by atoms with Gasteiger partial charge in [0.25, 0.3) is 0 Å². The lowest BCUT2D eigenvalue weighted by Crippen LogP contribution is -2.31. The van der Waals surface area contributed by atoms with Crippen molar-refractivity contribution in [1.82, 2.24) is 0 Å². The van der Waals surface area contributed by atoms with Gasteiger partial charge >= 0.3 is 0 Å². The van der Waals surface area contributed by atoms with Gasteiger partial charge in [0.2, 0.25) is 15.9 Å². The second-order valence-electron chi connectivity index (χ2n) is 6.11. The molecule has 1 aromatic carbocycles. The largest absolute Gasteiger partial charge is 0.323 e. The van der Waals surface area contributed by atoms with Crippen LogP contribution >= 0.6 is 0 Å². The molecule has 21 heavy (non-hydrogen) atoms. The Morgan fingerprint density at radius 3 is 2.62 bits per heavy atom. The molecule has 0 saturated heterocycles. The highest BCUT2D eigenvalue weighted by Crippen LogP contribution is 2.43. The quantitative estimate of drug-likeness (QED) is 0.896. The number of carbonyl (C=O) groups excluding carboxylic acids is 1. The van der Waals surface area contributed by atoms with Crippen molar-refractivity contribution < 1.29 is 17.6 Å². The molecule has 2 rings (SSSR count). The highest BCUT2D eigenvalue weighted by molar-refractivity contribution is 7.89. The lowest BCUT2D eigenvalue weighted by atomic mass is 9.81. The number of hydrogen-bond donors (Lipinski definition) is 2. The molecule has 5 nitrogen and oxygen atoms in total. The molecule has 1 amide bonds. The number of nitrogens with one attached hydrogen (secondary N) is 1. The van der Waals surface area contributed by atoms with Crippen molar-refractivity contribution in [3.63, 3.8) is 0 Å². The molecule has 0 bridgehead atoms. The number of rotatable bonds is 3. The van der Waals surface area contributed by atoms with E-state index in [2.05, 4.69) is 5.32 Å². The maximum absolute atomic E-state index is 13.7. The minimum atomic E-state index is -3.94. The number of amides is 1. The van der Waals surface area contributed by atoms with Gasteiger partial charge in [0.1, 0.15) is 5.82 Å². The fourth-order valence-corrected chi connectivity index (χ4v) is 3.35. The van der Waals surface area contributed by atoms with E-state index < -0.39 is 15.8 Å². The van der Waals surface area contributed by atoms with Gasteiger partial charge in [-0.15, -0.1) is 0 Å². The predicted octanol–water partition coefficient (Wildman–Crippen LogP) is 2.24. The van der Waals surface area contributed by atoms with Crippen LogP contribution in [0.15, 0.2) is 23.1 Å². The second kappa shape index (κ2) is 5.38. The lowest BCUT2D eigenvalue weighted by molar-refractivity contribution is -0.122. The van der Waals surface area contributed by atoms with Crippen LogP contribution < -0.4 is 10.5 Å². The van der Waals surface area contributed by atoms with Crippen molar-refractivity contribution in [3.05, 3.63) is 24.0 Å². The summed E-state index contributed by atoms with van der Waals surface area (Å²) in [6, 6.07) is 3.10. The zero-order chi connectivity index (χ0) is 15.8. The van der Waals surface area contributed by atoms with Gasteiger partial charge in [-0.1, -0.05) is 20.3 Å². The van der Waals surface area contributed by atoms with Gasteiger partial charge in [-0.2, -0.15) is 0 Å². The predicted molar refractivity (Wildman–Crippen MR) is 77.5 cm³/mol. The standard InChI is InChI=1S/C14H19FN2O3S/c1-14(2)7-3-4-10(14)13(18)17-12-8-9(21(16,19)20)5-6-11(12)15/h5-6,8,10H,3-4,7H2,1-2H3,(H,17,18)(H2,16,19,20). The Balaban J connectivity index is 2.25. The van der Waals surface area contributed by atoms with Gasteiger partial charge in [0.15, 0.2) is 0 Å². The molecule has 1 unspecified atom stereocenters. The summed E-state index contributed by atoms with van der Waals surface area (Å²) in [5.41, 5.74) is -0.299. The molecule has 7 heteroatoms. The normalized spacial score (nSPS) is 21.2. The molecule has 1 aliphatic rings. The summed E-state index contributed by atoms with van der Waals surface area (Å²) in [6.07, 6.45) is 2.63. The third-order valence-corrected chi connectivity index (χ3v) is 5.01. The molecule has 1 fully saturated rings. The van der Waals surface area contributed by atoms with Crippen LogP contribution in [-0.4, -0.2) is 14.3 Å². The number of primary sulfonamides is 1. The second-order valence-corrected chi connectivity index (χ2v) is 7.67. The fourth-order valence-electron chi connectivity index (χ4n) is 2.81. The lowest BCUT2D eigenvalue weighted by Gasteiger charge is -2.26. The summed E-state index contributed by atoms with van der Waals surface area (Å²) in [7, 11) is -3.94. The van der Waals surface area contributed by atoms with E-state index >= 15 is 0 Å². The number of anilines is 1. The highest BCUT2D eigenvalue weighted by atomic mass is 32.2. The van der Waals surface area contributed by atoms with Crippen molar-refractivity contribution in [2.24, 2.45) is 16.5 Å². The number of hydrogen-bond acceptors (Lipinski definition) is 3. The van der Waals surface area contributed by atoms with Crippen LogP contribution in [0.1, 0.15) is 33.1 Å². The van der Waals surface area contributed by atoms with Gasteiger partial charge in [-0.25, -0.2) is 17.9 Å². The van der Waals surface area contributed by atoms with Gasteiger partial charge in [-0.3, -0.25) is 4.79 Å². The first-order chi connectivity index (χ1) is 9.61. The summed E-state index contributed by atoms with van der Waals surface area (Å²) in [5.74, 6) is -1.19. The van der Waals surface area contributed by atoms with Crippen molar-refractivity contribution in [2.45, 2.75) is 38.0 Å². The minimum Gasteiger partial charge on any atom is -0.323 e. The third kappa shape index (κ3) is 3.41. The minimum absolute atomic E-state index is 0.141. The van der Waals surface area contributed by atoms with Crippen LogP contribution in [0.4, 0.5) is 10.1 Å². The van der Waals surface area contributed by atoms with Gasteiger partial charge < -0.3 is 5.32 Å². The molecule has 0 aliphatic heterocycles. The molecule has 1 aromatic rings. The third-order valence-electron chi connectivity index (χ3n) is 4.10. The van der Waals surface area contributed by atoms with E-state index in [-0.39, 0.29) is 27.8 Å². The van der Waals surface area contributed by atoms with Crippen LogP contribution in [0.5, 0.6) is 0 Å². The molecule has 1 saturated carbocycles. The molecular formula is C14H19FN2O3S. The first-order valence-electron chi connectivity index (χ1n) is 6.74. The molecule has 0 radical (unpaired) electrons. The van der Waals surface area contributed by atoms with Crippen molar-refractivity contribution in [3.8, 4) is 0 Å². The van der Waals surface area contributed by atoms with E-state index in [9.17, 15) is 17.6 Å². The van der Waals surface area contributed by atoms with Crippen LogP contribution in [0, 0.1) is 17.2 Å². The first kappa shape index (κ1) is 15.9. The monoisotopic (exact) mass is 314 g/mol. The first-order valence-corrected chi connectivity index (χ1v) is 8.29. The Bertz CT molecular complexity index is 671. The maximum atomic E-state index is 13.7. The van der Waals surface area contributed by atoms with Gasteiger partial charge in [0.05, 0.1) is 10.6 Å². The van der Waals surface area contributed by atoms with E-state index in [4.69, 9.17) is 5.14 Å².